The molecule has 32 heavy (non-hydrogen) atoms. The van der Waals surface area contributed by atoms with Gasteiger partial charge >= 0.3 is 12.1 Å². The van der Waals surface area contributed by atoms with Gasteiger partial charge in [0.2, 0.25) is 5.91 Å². The van der Waals surface area contributed by atoms with Crippen molar-refractivity contribution >= 4 is 18.0 Å². The Morgan fingerprint density at radius 1 is 0.938 bits per heavy atom. The fourth-order valence-electron chi connectivity index (χ4n) is 3.06. The van der Waals surface area contributed by atoms with Crippen molar-refractivity contribution in [3.63, 3.8) is 0 Å². The number of carbonyl (C=O) groups excluding carboxylic acids is 3. The Kier molecular flexibility index (Phi) is 9.07. The van der Waals surface area contributed by atoms with Crippen molar-refractivity contribution < 1.29 is 28.6 Å². The summed E-state index contributed by atoms with van der Waals surface area (Å²) < 4.78 is 15.2. The van der Waals surface area contributed by atoms with E-state index in [1.54, 1.807) is 33.1 Å². The predicted molar refractivity (Wildman–Crippen MR) is 119 cm³/mol. The Morgan fingerprint density at radius 2 is 1.59 bits per heavy atom. The van der Waals surface area contributed by atoms with Gasteiger partial charge in [0.1, 0.15) is 18.4 Å². The van der Waals surface area contributed by atoms with Gasteiger partial charge in [0.15, 0.2) is 0 Å². The average Bonchev–Trinajstić information content (AvgIpc) is 2.77. The number of ether oxygens (including phenoxy) is 3. The molecule has 2 rings (SSSR count). The number of hydrogen-bond acceptors (Lipinski definition) is 6. The highest BCUT2D eigenvalue weighted by molar-refractivity contribution is 5.85. The number of benzene rings is 2. The van der Waals surface area contributed by atoms with E-state index >= 15 is 0 Å². The van der Waals surface area contributed by atoms with Crippen molar-refractivity contribution in [1.82, 2.24) is 10.6 Å². The van der Waals surface area contributed by atoms with Crippen LogP contribution in [-0.2, 0) is 32.1 Å². The number of hydrogen-bond donors (Lipinski definition) is 2. The quantitative estimate of drug-likeness (QED) is 0.549. The van der Waals surface area contributed by atoms with Crippen molar-refractivity contribution in [3.8, 4) is 5.75 Å². The highest BCUT2D eigenvalue weighted by Gasteiger charge is 2.28. The second-order valence-electron chi connectivity index (χ2n) is 7.94. The minimum atomic E-state index is -0.890. The van der Waals surface area contributed by atoms with Crippen molar-refractivity contribution in [2.45, 2.75) is 44.9 Å². The number of rotatable bonds is 10. The van der Waals surface area contributed by atoms with E-state index in [9.17, 15) is 14.4 Å². The molecule has 0 spiro atoms. The molecular formula is C24H30N2O6. The molecule has 2 aromatic rings. The van der Waals surface area contributed by atoms with E-state index in [1.807, 2.05) is 42.5 Å². The summed E-state index contributed by atoms with van der Waals surface area (Å²) in [6.07, 6.45) is -0.423. The lowest BCUT2D eigenvalue weighted by atomic mass is 9.99. The molecular weight excluding hydrogens is 412 g/mol. The summed E-state index contributed by atoms with van der Waals surface area (Å²) in [5.74, 6) is -0.260. The molecule has 0 saturated carbocycles. The lowest BCUT2D eigenvalue weighted by molar-refractivity contribution is -0.145. The van der Waals surface area contributed by atoms with Crippen LogP contribution in [0.15, 0.2) is 54.6 Å². The fourth-order valence-corrected chi connectivity index (χ4v) is 3.06. The third-order valence-corrected chi connectivity index (χ3v) is 4.68. The smallest absolute Gasteiger partial charge is 0.407 e. The van der Waals surface area contributed by atoms with E-state index in [1.165, 1.54) is 7.11 Å². The van der Waals surface area contributed by atoms with Crippen LogP contribution in [0.25, 0.3) is 0 Å². The van der Waals surface area contributed by atoms with Gasteiger partial charge in [-0.25, -0.2) is 9.59 Å². The highest BCUT2D eigenvalue weighted by atomic mass is 16.5. The maximum Gasteiger partial charge on any atom is 0.407 e. The summed E-state index contributed by atoms with van der Waals surface area (Å²) in [4.78, 5) is 36.9. The molecule has 0 heterocycles. The molecule has 8 heteroatoms. The van der Waals surface area contributed by atoms with Gasteiger partial charge in [-0.05, 0) is 37.1 Å². The Morgan fingerprint density at radius 3 is 2.19 bits per heavy atom. The van der Waals surface area contributed by atoms with E-state index in [0.29, 0.717) is 5.75 Å². The van der Waals surface area contributed by atoms with Crippen LogP contribution in [0.2, 0.25) is 0 Å². The zero-order valence-electron chi connectivity index (χ0n) is 18.8. The van der Waals surface area contributed by atoms with E-state index in [2.05, 4.69) is 10.6 Å². The second kappa shape index (κ2) is 11.7. The minimum Gasteiger partial charge on any atom is -0.497 e. The second-order valence-corrected chi connectivity index (χ2v) is 7.94. The largest absolute Gasteiger partial charge is 0.497 e. The zero-order chi connectivity index (χ0) is 23.6. The molecule has 0 aliphatic carbocycles. The van der Waals surface area contributed by atoms with Crippen molar-refractivity contribution in [2.75, 3.05) is 14.2 Å². The molecule has 2 amide bonds. The molecule has 8 nitrogen and oxygen atoms in total. The van der Waals surface area contributed by atoms with Crippen molar-refractivity contribution in [3.05, 3.63) is 65.7 Å². The molecule has 1 atom stereocenters. The van der Waals surface area contributed by atoms with Crippen LogP contribution in [-0.4, -0.2) is 43.8 Å². The van der Waals surface area contributed by atoms with E-state index in [4.69, 9.17) is 14.2 Å². The van der Waals surface area contributed by atoms with Crippen LogP contribution in [0.1, 0.15) is 31.4 Å². The number of methoxy groups -OCH3 is 2. The number of nitrogens with one attached hydrogen (secondary N) is 2. The topological polar surface area (TPSA) is 103 Å². The Bertz CT molecular complexity index is 896. The van der Waals surface area contributed by atoms with Gasteiger partial charge in [0.25, 0.3) is 0 Å². The van der Waals surface area contributed by atoms with Crippen LogP contribution in [0.4, 0.5) is 4.79 Å². The fraction of sp³-hybridized carbons (Fsp3) is 0.375. The number of amides is 2. The first kappa shape index (κ1) is 24.7. The molecule has 2 aromatic carbocycles. The lowest BCUT2D eigenvalue weighted by Gasteiger charge is -2.26. The summed E-state index contributed by atoms with van der Waals surface area (Å²) in [7, 11) is 2.84. The molecule has 0 bridgehead atoms. The van der Waals surface area contributed by atoms with Gasteiger partial charge in [-0.1, -0.05) is 42.5 Å². The van der Waals surface area contributed by atoms with Gasteiger partial charge in [0, 0.05) is 18.4 Å². The van der Waals surface area contributed by atoms with Crippen LogP contribution in [0.3, 0.4) is 0 Å². The third kappa shape index (κ3) is 8.29. The normalized spacial score (nSPS) is 11.8. The molecule has 0 unspecified atom stereocenters. The maximum atomic E-state index is 12.6. The van der Waals surface area contributed by atoms with Crippen LogP contribution in [0.5, 0.6) is 5.75 Å². The standard InChI is InChI=1S/C24H30N2O6/c1-24(2,26-23(29)32-16-18-8-6-5-7-9-18)15-21(27)25-20(22(28)31-4)14-17-10-12-19(30-3)13-11-17/h5-13,20H,14-16H2,1-4H3,(H,25,27)(H,26,29)/t20-/m0/s1. The minimum absolute atomic E-state index is 0.0520. The van der Waals surface area contributed by atoms with Gasteiger partial charge < -0.3 is 24.8 Å². The first-order valence-electron chi connectivity index (χ1n) is 10.2. The predicted octanol–water partition coefficient (Wildman–Crippen LogP) is 2.99. The highest BCUT2D eigenvalue weighted by Crippen LogP contribution is 2.14. The van der Waals surface area contributed by atoms with Crippen molar-refractivity contribution in [2.24, 2.45) is 0 Å². The van der Waals surface area contributed by atoms with Crippen LogP contribution < -0.4 is 15.4 Å². The summed E-state index contributed by atoms with van der Waals surface area (Å²) >= 11 is 0. The van der Waals surface area contributed by atoms with Crippen LogP contribution in [0, 0.1) is 0 Å². The number of alkyl carbamates (subject to hydrolysis) is 1. The molecule has 0 aromatic heterocycles. The van der Waals surface area contributed by atoms with Gasteiger partial charge in [0.05, 0.1) is 14.2 Å². The zero-order valence-corrected chi connectivity index (χ0v) is 18.8. The maximum absolute atomic E-state index is 12.6. The Balaban J connectivity index is 1.90. The molecule has 172 valence electrons. The molecule has 2 N–H and O–H groups in total. The molecule has 0 fully saturated rings. The number of carbonyl (C=O) groups is 3. The van der Waals surface area contributed by atoms with Crippen LogP contribution >= 0.6 is 0 Å². The Labute approximate surface area is 188 Å². The average molecular weight is 443 g/mol. The molecule has 0 aliphatic rings. The van der Waals surface area contributed by atoms with Gasteiger partial charge in [-0.3, -0.25) is 4.79 Å². The van der Waals surface area contributed by atoms with E-state index < -0.39 is 29.6 Å². The summed E-state index contributed by atoms with van der Waals surface area (Å²) in [6, 6.07) is 15.6. The van der Waals surface area contributed by atoms with Crippen molar-refractivity contribution in [1.29, 1.82) is 0 Å². The summed E-state index contributed by atoms with van der Waals surface area (Å²) in [6.45, 7) is 3.53. The first-order chi connectivity index (χ1) is 15.2. The Hall–Kier alpha value is -3.55. The van der Waals surface area contributed by atoms with Gasteiger partial charge in [-0.15, -0.1) is 0 Å². The first-order valence-corrected chi connectivity index (χ1v) is 10.2. The third-order valence-electron chi connectivity index (χ3n) is 4.68. The molecule has 0 saturated heterocycles. The number of esters is 1. The SMILES string of the molecule is COC(=O)[C@H](Cc1ccc(OC)cc1)NC(=O)CC(C)(C)NC(=O)OCc1ccccc1. The summed E-state index contributed by atoms with van der Waals surface area (Å²) in [5, 5.41) is 5.38. The van der Waals surface area contributed by atoms with E-state index in [0.717, 1.165) is 11.1 Å². The monoisotopic (exact) mass is 442 g/mol. The molecule has 0 aliphatic heterocycles. The van der Waals surface area contributed by atoms with E-state index in [-0.39, 0.29) is 19.4 Å². The van der Waals surface area contributed by atoms with Gasteiger partial charge in [-0.2, -0.15) is 0 Å². The lowest BCUT2D eigenvalue weighted by Crippen LogP contribution is -2.50. The summed E-state index contributed by atoms with van der Waals surface area (Å²) in [5.41, 5.74) is 0.805. The molecule has 0 radical (unpaired) electrons.